The Kier molecular flexibility index (Phi) is 6.39. The molecule has 0 saturated heterocycles. The van der Waals surface area contributed by atoms with Crippen molar-refractivity contribution in [2.24, 2.45) is 5.10 Å². The smallest absolute Gasteiger partial charge is 0.250 e. The summed E-state index contributed by atoms with van der Waals surface area (Å²) in [6.45, 7) is 0. The number of hydrogen-bond acceptors (Lipinski definition) is 6. The van der Waals surface area contributed by atoms with Gasteiger partial charge >= 0.3 is 0 Å². The number of thioether (sulfide) groups is 1. The molecule has 0 fully saturated rings. The minimum Gasteiger partial charge on any atom is -0.508 e. The normalized spacial score (nSPS) is 13.2. The highest BCUT2D eigenvalue weighted by atomic mass is 32.2. The van der Waals surface area contributed by atoms with Gasteiger partial charge in [0.1, 0.15) is 10.8 Å². The van der Waals surface area contributed by atoms with Crippen molar-refractivity contribution in [3.63, 3.8) is 0 Å². The number of phenols is 1. The molecule has 152 valence electrons. The molecule has 6 nitrogen and oxygen atoms in total. The van der Waals surface area contributed by atoms with Crippen LogP contribution in [0.1, 0.15) is 29.7 Å². The van der Waals surface area contributed by atoms with Crippen LogP contribution in [0.3, 0.4) is 0 Å². The largest absolute Gasteiger partial charge is 0.508 e. The number of aromatic hydroxyl groups is 1. The van der Waals surface area contributed by atoms with E-state index in [0.29, 0.717) is 5.82 Å². The summed E-state index contributed by atoms with van der Waals surface area (Å²) >= 11 is 1.43. The molecule has 30 heavy (non-hydrogen) atoms. The second-order valence-corrected chi connectivity index (χ2v) is 7.99. The number of hydrazone groups is 1. The van der Waals surface area contributed by atoms with Gasteiger partial charge in [-0.3, -0.25) is 4.79 Å². The van der Waals surface area contributed by atoms with Crippen molar-refractivity contribution >= 4 is 23.9 Å². The van der Waals surface area contributed by atoms with E-state index in [2.05, 4.69) is 10.5 Å². The zero-order valence-electron chi connectivity index (χ0n) is 16.4. The van der Waals surface area contributed by atoms with Crippen molar-refractivity contribution in [2.75, 3.05) is 5.75 Å². The summed E-state index contributed by atoms with van der Waals surface area (Å²) in [5.41, 5.74) is 6.59. The van der Waals surface area contributed by atoms with E-state index in [1.807, 2.05) is 30.3 Å². The summed E-state index contributed by atoms with van der Waals surface area (Å²) < 4.78 is 0. The molecule has 0 spiro atoms. The fourth-order valence-corrected chi connectivity index (χ4v) is 4.18. The molecule has 2 aromatic carbocycles. The zero-order valence-corrected chi connectivity index (χ0v) is 17.2. The number of fused-ring (bicyclic) bond motifs is 1. The van der Waals surface area contributed by atoms with Crippen LogP contribution in [0, 0.1) is 0 Å². The van der Waals surface area contributed by atoms with E-state index in [-0.39, 0.29) is 17.4 Å². The summed E-state index contributed by atoms with van der Waals surface area (Å²) in [6, 6.07) is 16.5. The third-order valence-electron chi connectivity index (χ3n) is 4.81. The van der Waals surface area contributed by atoms with Crippen LogP contribution in [0.2, 0.25) is 0 Å². The number of carbonyl (C=O) groups is 1. The lowest BCUT2D eigenvalue weighted by Crippen LogP contribution is -2.20. The fraction of sp³-hybridized carbons (Fsp3) is 0.217. The first kappa shape index (κ1) is 20.1. The quantitative estimate of drug-likeness (QED) is 0.274. The number of aromatic nitrogens is 2. The second kappa shape index (κ2) is 9.54. The van der Waals surface area contributed by atoms with Crippen molar-refractivity contribution < 1.29 is 9.90 Å². The topological polar surface area (TPSA) is 87.5 Å². The van der Waals surface area contributed by atoms with E-state index in [4.69, 9.17) is 9.97 Å². The van der Waals surface area contributed by atoms with Crippen LogP contribution in [0.25, 0.3) is 11.4 Å². The van der Waals surface area contributed by atoms with Gasteiger partial charge in [-0.2, -0.15) is 5.10 Å². The summed E-state index contributed by atoms with van der Waals surface area (Å²) in [4.78, 5) is 21.8. The monoisotopic (exact) mass is 418 g/mol. The van der Waals surface area contributed by atoms with Crippen LogP contribution in [-0.4, -0.2) is 32.9 Å². The Bertz CT molecular complexity index is 1050. The molecule has 0 unspecified atom stereocenters. The van der Waals surface area contributed by atoms with Crippen molar-refractivity contribution in [2.45, 2.75) is 30.7 Å². The molecule has 1 aliphatic carbocycles. The Morgan fingerprint density at radius 1 is 1.07 bits per heavy atom. The van der Waals surface area contributed by atoms with Gasteiger partial charge in [-0.25, -0.2) is 15.4 Å². The first-order valence-electron chi connectivity index (χ1n) is 9.88. The SMILES string of the molecule is O=C(CSc1nc(-c2ccccc2)nc2c1CCCC2)N/N=C/c1ccc(O)cc1. The second-order valence-electron chi connectivity index (χ2n) is 7.02. The van der Waals surface area contributed by atoms with Gasteiger partial charge in [0, 0.05) is 16.8 Å². The van der Waals surface area contributed by atoms with Crippen LogP contribution in [-0.2, 0) is 17.6 Å². The van der Waals surface area contributed by atoms with Gasteiger partial charge < -0.3 is 5.11 Å². The lowest BCUT2D eigenvalue weighted by molar-refractivity contribution is -0.118. The highest BCUT2D eigenvalue weighted by Gasteiger charge is 2.19. The molecular formula is C23H22N4O2S. The minimum atomic E-state index is -0.195. The van der Waals surface area contributed by atoms with Gasteiger partial charge in [-0.15, -0.1) is 0 Å². The number of nitrogens with one attached hydrogen (secondary N) is 1. The van der Waals surface area contributed by atoms with Crippen LogP contribution >= 0.6 is 11.8 Å². The third-order valence-corrected chi connectivity index (χ3v) is 5.83. The van der Waals surface area contributed by atoms with Crippen LogP contribution in [0.5, 0.6) is 5.75 Å². The first-order valence-corrected chi connectivity index (χ1v) is 10.9. The molecule has 0 saturated carbocycles. The van der Waals surface area contributed by atoms with E-state index in [9.17, 15) is 9.90 Å². The average Bonchev–Trinajstić information content (AvgIpc) is 2.79. The molecule has 1 heterocycles. The highest BCUT2D eigenvalue weighted by Crippen LogP contribution is 2.31. The van der Waals surface area contributed by atoms with Gasteiger partial charge in [0.05, 0.1) is 12.0 Å². The summed E-state index contributed by atoms with van der Waals surface area (Å²) in [6.07, 6.45) is 5.70. The number of phenolic OH excluding ortho intramolecular Hbond substituents is 1. The Morgan fingerprint density at radius 2 is 1.83 bits per heavy atom. The maximum absolute atomic E-state index is 12.3. The Labute approximate surface area is 179 Å². The summed E-state index contributed by atoms with van der Waals surface area (Å²) in [7, 11) is 0. The van der Waals surface area contributed by atoms with Crippen LogP contribution < -0.4 is 5.43 Å². The van der Waals surface area contributed by atoms with Crippen LogP contribution in [0.4, 0.5) is 0 Å². The number of amides is 1. The van der Waals surface area contributed by atoms with Gasteiger partial charge in [0.25, 0.3) is 0 Å². The van der Waals surface area contributed by atoms with Gasteiger partial charge in [0.15, 0.2) is 5.82 Å². The van der Waals surface area contributed by atoms with Crippen molar-refractivity contribution in [1.29, 1.82) is 0 Å². The Morgan fingerprint density at radius 3 is 2.63 bits per heavy atom. The first-order chi connectivity index (χ1) is 14.7. The maximum Gasteiger partial charge on any atom is 0.250 e. The summed E-state index contributed by atoms with van der Waals surface area (Å²) in [5.74, 6) is 0.935. The van der Waals surface area contributed by atoms with Crippen molar-refractivity contribution in [1.82, 2.24) is 15.4 Å². The number of hydrogen-bond donors (Lipinski definition) is 2. The number of carbonyl (C=O) groups excluding carboxylic acids is 1. The number of nitrogens with zero attached hydrogens (tertiary/aromatic N) is 3. The van der Waals surface area contributed by atoms with E-state index in [0.717, 1.165) is 47.5 Å². The predicted molar refractivity (Wildman–Crippen MR) is 119 cm³/mol. The number of rotatable bonds is 6. The van der Waals surface area contributed by atoms with E-state index >= 15 is 0 Å². The molecule has 0 aliphatic heterocycles. The van der Waals surface area contributed by atoms with Gasteiger partial charge in [-0.05, 0) is 55.5 Å². The molecule has 7 heteroatoms. The third kappa shape index (κ3) is 5.04. The number of benzene rings is 2. The Hall–Kier alpha value is -3.19. The van der Waals surface area contributed by atoms with E-state index in [1.165, 1.54) is 17.3 Å². The van der Waals surface area contributed by atoms with E-state index < -0.39 is 0 Å². The zero-order chi connectivity index (χ0) is 20.8. The molecule has 0 bridgehead atoms. The van der Waals surface area contributed by atoms with E-state index in [1.54, 1.807) is 30.5 Å². The highest BCUT2D eigenvalue weighted by molar-refractivity contribution is 7.99. The van der Waals surface area contributed by atoms with Crippen molar-refractivity contribution in [3.8, 4) is 17.1 Å². The standard InChI is InChI=1S/C23H22N4O2S/c28-18-12-10-16(11-13-18)14-24-27-21(29)15-30-23-19-8-4-5-9-20(19)25-22(26-23)17-6-2-1-3-7-17/h1-3,6-7,10-14,28H,4-5,8-9,15H2,(H,27,29)/b24-14+. The maximum atomic E-state index is 12.3. The minimum absolute atomic E-state index is 0.190. The molecule has 1 amide bonds. The molecule has 1 aliphatic rings. The molecule has 0 radical (unpaired) electrons. The van der Waals surface area contributed by atoms with Gasteiger partial charge in [0.2, 0.25) is 5.91 Å². The Balaban J connectivity index is 1.44. The molecule has 3 aromatic rings. The molecule has 0 atom stereocenters. The molecule has 1 aromatic heterocycles. The average molecular weight is 419 g/mol. The number of aryl methyl sites for hydroxylation is 1. The predicted octanol–water partition coefficient (Wildman–Crippen LogP) is 3.97. The fourth-order valence-electron chi connectivity index (χ4n) is 3.30. The van der Waals surface area contributed by atoms with Crippen molar-refractivity contribution in [3.05, 3.63) is 71.4 Å². The van der Waals surface area contributed by atoms with Gasteiger partial charge in [-0.1, -0.05) is 42.1 Å². The molecular weight excluding hydrogens is 396 g/mol. The lowest BCUT2D eigenvalue weighted by Gasteiger charge is -2.18. The molecule has 2 N–H and O–H groups in total. The van der Waals surface area contributed by atoms with Crippen LogP contribution in [0.15, 0.2) is 64.7 Å². The molecule has 4 rings (SSSR count). The lowest BCUT2D eigenvalue weighted by atomic mass is 9.97. The summed E-state index contributed by atoms with van der Waals surface area (Å²) in [5, 5.41) is 14.2.